The number of aromatic nitrogens is 3. The summed E-state index contributed by atoms with van der Waals surface area (Å²) in [6.07, 6.45) is 2.48. The average Bonchev–Trinajstić information content (AvgIpc) is 2.88. The van der Waals surface area contributed by atoms with Crippen molar-refractivity contribution >= 4 is 34.5 Å². The molecule has 3 aromatic heterocycles. The molecular weight excluding hydrogens is 504 g/mol. The summed E-state index contributed by atoms with van der Waals surface area (Å²) in [7, 11) is 2.94. The summed E-state index contributed by atoms with van der Waals surface area (Å²) >= 11 is 0. The molecule has 12 heteroatoms. The van der Waals surface area contributed by atoms with Gasteiger partial charge in [0.15, 0.2) is 0 Å². The molecule has 39 heavy (non-hydrogen) atoms. The number of nitrogens with zero attached hydrogens (tertiary/aromatic N) is 4. The first-order chi connectivity index (χ1) is 18.6. The van der Waals surface area contributed by atoms with Gasteiger partial charge < -0.3 is 34.9 Å². The van der Waals surface area contributed by atoms with Crippen molar-refractivity contribution in [1.82, 2.24) is 19.9 Å². The molecule has 2 aliphatic rings. The second-order valence-electron chi connectivity index (χ2n) is 10.2. The lowest BCUT2D eigenvalue weighted by molar-refractivity contribution is 0.0169. The predicted molar refractivity (Wildman–Crippen MR) is 142 cm³/mol. The van der Waals surface area contributed by atoms with Crippen LogP contribution in [-0.4, -0.2) is 78.0 Å². The van der Waals surface area contributed by atoms with Crippen LogP contribution in [0.5, 0.6) is 5.88 Å². The Morgan fingerprint density at radius 2 is 1.95 bits per heavy atom. The largest absolute Gasteiger partial charge is 0.470 e. The van der Waals surface area contributed by atoms with Gasteiger partial charge in [-0.1, -0.05) is 6.92 Å². The van der Waals surface area contributed by atoms with Crippen LogP contribution >= 0.6 is 0 Å². The summed E-state index contributed by atoms with van der Waals surface area (Å²) in [5.41, 5.74) is 7.69. The summed E-state index contributed by atoms with van der Waals surface area (Å²) in [6, 6.07) is 5.30. The number of carbonyl (C=O) groups is 2. The predicted octanol–water partition coefficient (Wildman–Crippen LogP) is 3.08. The van der Waals surface area contributed by atoms with Gasteiger partial charge in [0.1, 0.15) is 23.8 Å². The summed E-state index contributed by atoms with van der Waals surface area (Å²) in [5.74, 6) is 1.05. The molecule has 5 heterocycles. The molecule has 0 radical (unpaired) electrons. The van der Waals surface area contributed by atoms with Crippen LogP contribution in [0.25, 0.3) is 10.8 Å². The van der Waals surface area contributed by atoms with Gasteiger partial charge >= 0.3 is 12.1 Å². The molecule has 0 aliphatic carbocycles. The minimum atomic E-state index is -0.842. The number of amides is 1. The Bertz CT molecular complexity index is 1420. The highest BCUT2D eigenvalue weighted by atomic mass is 16.6. The Balaban J connectivity index is 1.48. The molecule has 1 amide bonds. The number of ether oxygens (including phenoxy) is 4. The molecule has 0 aromatic carbocycles. The number of rotatable bonds is 7. The Hall–Kier alpha value is -4.03. The Morgan fingerprint density at radius 1 is 1.18 bits per heavy atom. The Labute approximate surface area is 225 Å². The normalized spacial score (nSPS) is 20.5. The van der Waals surface area contributed by atoms with Crippen molar-refractivity contribution in [3.05, 3.63) is 47.4 Å². The average molecular weight is 537 g/mol. The standard InChI is InChI=1S/C27H32N6O6/c1-14-15(2)38-25(34)17-6-7-21(32-23(14)17)31-22-8-18-19(9-29-22)24(30-10-20(18)27(3,28)13-36-4)39-16-11-33(12-16)26(35)37-5/h6-10,14-16H,11-13,28H2,1-5H3,(H,29,31,32)/t14-,15-,27+/m0/s1. The van der Waals surface area contributed by atoms with E-state index in [9.17, 15) is 9.59 Å². The van der Waals surface area contributed by atoms with Gasteiger partial charge in [-0.25, -0.2) is 24.5 Å². The minimum Gasteiger partial charge on any atom is -0.470 e. The van der Waals surface area contributed by atoms with Crippen LogP contribution in [-0.2, 0) is 19.7 Å². The maximum atomic E-state index is 12.3. The number of carbonyl (C=O) groups excluding carboxylic acids is 2. The van der Waals surface area contributed by atoms with Crippen molar-refractivity contribution in [2.24, 2.45) is 5.73 Å². The van der Waals surface area contributed by atoms with Gasteiger partial charge in [-0.15, -0.1) is 0 Å². The number of hydrogen-bond donors (Lipinski definition) is 2. The van der Waals surface area contributed by atoms with Crippen LogP contribution < -0.4 is 15.8 Å². The SMILES string of the molecule is COC[C@@](C)(N)c1cnc(OC2CN(C(=O)OC)C2)c2cnc(Nc3ccc4c(n3)[C@@H](C)[C@H](C)OC4=O)cc12. The van der Waals surface area contributed by atoms with Gasteiger partial charge in [-0.2, -0.15) is 0 Å². The number of nitrogens with two attached hydrogens (primary N) is 1. The van der Waals surface area contributed by atoms with Gasteiger partial charge in [0, 0.05) is 31.0 Å². The van der Waals surface area contributed by atoms with Crippen LogP contribution in [0.1, 0.15) is 48.3 Å². The lowest BCUT2D eigenvalue weighted by Gasteiger charge is -2.37. The van der Waals surface area contributed by atoms with Crippen molar-refractivity contribution < 1.29 is 28.5 Å². The first kappa shape index (κ1) is 26.6. The number of fused-ring (bicyclic) bond motifs is 2. The Morgan fingerprint density at radius 3 is 2.67 bits per heavy atom. The van der Waals surface area contributed by atoms with Crippen molar-refractivity contribution in [3.63, 3.8) is 0 Å². The number of cyclic esters (lactones) is 1. The summed E-state index contributed by atoms with van der Waals surface area (Å²) in [5, 5.41) is 4.71. The van der Waals surface area contributed by atoms with E-state index in [-0.39, 0.29) is 30.7 Å². The number of likely N-dealkylation sites (tertiary alicyclic amines) is 1. The van der Waals surface area contributed by atoms with Gasteiger partial charge in [0.2, 0.25) is 5.88 Å². The van der Waals surface area contributed by atoms with Gasteiger partial charge in [-0.05, 0) is 37.4 Å². The molecule has 12 nitrogen and oxygen atoms in total. The van der Waals surface area contributed by atoms with Crippen molar-refractivity contribution in [2.45, 2.75) is 44.4 Å². The molecule has 0 unspecified atom stereocenters. The second kappa shape index (κ2) is 10.3. The van der Waals surface area contributed by atoms with E-state index in [2.05, 4.69) is 15.3 Å². The Kier molecular flexibility index (Phi) is 7.00. The lowest BCUT2D eigenvalue weighted by Crippen LogP contribution is -2.56. The second-order valence-corrected chi connectivity index (χ2v) is 10.2. The number of nitrogens with one attached hydrogen (secondary N) is 1. The fourth-order valence-electron chi connectivity index (χ4n) is 4.81. The lowest BCUT2D eigenvalue weighted by atomic mass is 9.91. The molecule has 0 bridgehead atoms. The summed E-state index contributed by atoms with van der Waals surface area (Å²) < 4.78 is 21.6. The number of hydrogen-bond acceptors (Lipinski definition) is 11. The van der Waals surface area contributed by atoms with Gasteiger partial charge in [0.05, 0.1) is 49.0 Å². The number of anilines is 2. The van der Waals surface area contributed by atoms with E-state index in [4.69, 9.17) is 29.7 Å². The van der Waals surface area contributed by atoms with Crippen molar-refractivity contribution in [3.8, 4) is 5.88 Å². The third-order valence-electron chi connectivity index (χ3n) is 7.18. The summed E-state index contributed by atoms with van der Waals surface area (Å²) in [4.78, 5) is 39.4. The van der Waals surface area contributed by atoms with E-state index in [0.717, 1.165) is 10.9 Å². The molecule has 1 saturated heterocycles. The molecule has 3 atom stereocenters. The zero-order valence-electron chi connectivity index (χ0n) is 22.6. The monoisotopic (exact) mass is 536 g/mol. The van der Waals surface area contributed by atoms with Crippen LogP contribution in [0.15, 0.2) is 30.6 Å². The van der Waals surface area contributed by atoms with Gasteiger partial charge in [0.25, 0.3) is 0 Å². The number of esters is 1. The van der Waals surface area contributed by atoms with Crippen molar-refractivity contribution in [2.75, 3.05) is 39.2 Å². The smallest absolute Gasteiger partial charge is 0.409 e. The van der Waals surface area contributed by atoms with Crippen LogP contribution in [0.2, 0.25) is 0 Å². The highest BCUT2D eigenvalue weighted by Gasteiger charge is 2.35. The fourth-order valence-corrected chi connectivity index (χ4v) is 4.81. The quantitative estimate of drug-likeness (QED) is 0.429. The highest BCUT2D eigenvalue weighted by molar-refractivity contribution is 5.93. The fraction of sp³-hybridized carbons (Fsp3) is 0.444. The van der Waals surface area contributed by atoms with Crippen molar-refractivity contribution in [1.29, 1.82) is 0 Å². The third-order valence-corrected chi connectivity index (χ3v) is 7.18. The maximum Gasteiger partial charge on any atom is 0.409 e. The number of methoxy groups -OCH3 is 2. The molecular formula is C27H32N6O6. The zero-order valence-corrected chi connectivity index (χ0v) is 22.6. The molecule has 3 N–H and O–H groups in total. The van der Waals surface area contributed by atoms with E-state index in [1.165, 1.54) is 7.11 Å². The van der Waals surface area contributed by atoms with E-state index in [0.29, 0.717) is 47.2 Å². The minimum absolute atomic E-state index is 0.0463. The van der Waals surface area contributed by atoms with Crippen LogP contribution in [0.3, 0.4) is 0 Å². The molecule has 0 spiro atoms. The third kappa shape index (κ3) is 5.04. The van der Waals surface area contributed by atoms with Crippen LogP contribution in [0.4, 0.5) is 16.4 Å². The molecule has 1 fully saturated rings. The van der Waals surface area contributed by atoms with Gasteiger partial charge in [-0.3, -0.25) is 0 Å². The van der Waals surface area contributed by atoms with E-state index in [1.807, 2.05) is 26.8 Å². The van der Waals surface area contributed by atoms with Crippen LogP contribution in [0, 0.1) is 0 Å². The maximum absolute atomic E-state index is 12.3. The molecule has 3 aromatic rings. The first-order valence-corrected chi connectivity index (χ1v) is 12.7. The molecule has 2 aliphatic heterocycles. The van der Waals surface area contributed by atoms with E-state index >= 15 is 0 Å². The highest BCUT2D eigenvalue weighted by Crippen LogP contribution is 2.35. The number of pyridine rings is 3. The summed E-state index contributed by atoms with van der Waals surface area (Å²) in [6.45, 7) is 6.77. The first-order valence-electron chi connectivity index (χ1n) is 12.7. The zero-order chi connectivity index (χ0) is 27.9. The molecule has 0 saturated carbocycles. The molecule has 5 rings (SSSR count). The van der Waals surface area contributed by atoms with E-state index < -0.39 is 11.6 Å². The topological polar surface area (TPSA) is 151 Å². The molecule has 206 valence electrons. The van der Waals surface area contributed by atoms with E-state index in [1.54, 1.807) is 36.5 Å².